The first-order chi connectivity index (χ1) is 8.96. The molecule has 1 saturated heterocycles. The Morgan fingerprint density at radius 2 is 2.05 bits per heavy atom. The number of carbonyl (C=O) groups is 1. The van der Waals surface area contributed by atoms with E-state index in [0.717, 1.165) is 31.7 Å². The van der Waals surface area contributed by atoms with Gasteiger partial charge in [-0.2, -0.15) is 0 Å². The van der Waals surface area contributed by atoms with Crippen LogP contribution in [0.4, 0.5) is 4.39 Å². The molecule has 1 fully saturated rings. The smallest absolute Gasteiger partial charge is 0.227 e. The van der Waals surface area contributed by atoms with Crippen LogP contribution >= 0.6 is 0 Å². The van der Waals surface area contributed by atoms with Gasteiger partial charge in [0.05, 0.1) is 6.42 Å². The van der Waals surface area contributed by atoms with Crippen LogP contribution in [-0.2, 0) is 11.2 Å². The Bertz CT molecular complexity index is 442. The summed E-state index contributed by atoms with van der Waals surface area (Å²) in [7, 11) is 0. The minimum Gasteiger partial charge on any atom is -0.341 e. The Balaban J connectivity index is 2.00. The maximum atomic E-state index is 12.8. The van der Waals surface area contributed by atoms with E-state index in [9.17, 15) is 9.18 Å². The van der Waals surface area contributed by atoms with E-state index in [2.05, 4.69) is 19.2 Å². The van der Waals surface area contributed by atoms with E-state index in [-0.39, 0.29) is 17.1 Å². The van der Waals surface area contributed by atoms with Crippen LogP contribution in [0.25, 0.3) is 0 Å². The molecule has 0 aliphatic carbocycles. The number of rotatable bonds is 2. The summed E-state index contributed by atoms with van der Waals surface area (Å²) in [5.41, 5.74) is 0.955. The summed E-state index contributed by atoms with van der Waals surface area (Å²) < 4.78 is 12.8. The highest BCUT2D eigenvalue weighted by Crippen LogP contribution is 2.18. The third kappa shape index (κ3) is 4.03. The van der Waals surface area contributed by atoms with Crippen LogP contribution in [0.1, 0.15) is 19.4 Å². The lowest BCUT2D eigenvalue weighted by molar-refractivity contribution is -0.131. The lowest BCUT2D eigenvalue weighted by atomic mass is 9.93. The van der Waals surface area contributed by atoms with Crippen molar-refractivity contribution in [2.75, 3.05) is 26.2 Å². The van der Waals surface area contributed by atoms with Crippen LogP contribution in [0.3, 0.4) is 0 Å². The molecule has 0 atom stereocenters. The van der Waals surface area contributed by atoms with Gasteiger partial charge < -0.3 is 10.2 Å². The molecule has 1 aliphatic rings. The highest BCUT2D eigenvalue weighted by molar-refractivity contribution is 5.78. The van der Waals surface area contributed by atoms with Crippen molar-refractivity contribution < 1.29 is 9.18 Å². The third-order valence-electron chi connectivity index (χ3n) is 3.40. The van der Waals surface area contributed by atoms with Gasteiger partial charge in [0.2, 0.25) is 5.91 Å². The van der Waals surface area contributed by atoms with Crippen molar-refractivity contribution in [1.82, 2.24) is 10.2 Å². The van der Waals surface area contributed by atoms with E-state index < -0.39 is 0 Å². The predicted molar refractivity (Wildman–Crippen MR) is 73.3 cm³/mol. The number of hydrogen-bond acceptors (Lipinski definition) is 2. The Morgan fingerprint density at radius 1 is 1.37 bits per heavy atom. The lowest BCUT2D eigenvalue weighted by Gasteiger charge is -2.29. The number of nitrogens with zero attached hydrogens (tertiary/aromatic N) is 1. The largest absolute Gasteiger partial charge is 0.341 e. The second-order valence-corrected chi connectivity index (χ2v) is 5.96. The average Bonchev–Trinajstić information content (AvgIpc) is 2.53. The second kappa shape index (κ2) is 5.70. The SMILES string of the molecule is CC1(C)CNCCN(C(=O)Cc2ccc(F)cc2)C1. The minimum atomic E-state index is -0.267. The molecule has 1 aromatic carbocycles. The summed E-state index contributed by atoms with van der Waals surface area (Å²) in [5.74, 6) is -0.153. The fourth-order valence-electron chi connectivity index (χ4n) is 2.39. The molecule has 0 saturated carbocycles. The van der Waals surface area contributed by atoms with Crippen molar-refractivity contribution in [2.45, 2.75) is 20.3 Å². The van der Waals surface area contributed by atoms with Crippen molar-refractivity contribution in [1.29, 1.82) is 0 Å². The quantitative estimate of drug-likeness (QED) is 0.884. The minimum absolute atomic E-state index is 0.0922. The molecule has 0 unspecified atom stereocenters. The van der Waals surface area contributed by atoms with Gasteiger partial charge in [-0.3, -0.25) is 4.79 Å². The van der Waals surface area contributed by atoms with E-state index in [1.54, 1.807) is 12.1 Å². The van der Waals surface area contributed by atoms with E-state index in [1.807, 2.05) is 4.90 Å². The number of benzene rings is 1. The number of amides is 1. The first-order valence-corrected chi connectivity index (χ1v) is 6.69. The molecule has 104 valence electrons. The van der Waals surface area contributed by atoms with Gasteiger partial charge in [0, 0.05) is 26.2 Å². The number of halogens is 1. The molecule has 0 aromatic heterocycles. The molecule has 1 aliphatic heterocycles. The maximum absolute atomic E-state index is 12.8. The van der Waals surface area contributed by atoms with Crippen LogP contribution in [0.2, 0.25) is 0 Å². The normalized spacial score (nSPS) is 19.0. The predicted octanol–water partition coefficient (Wildman–Crippen LogP) is 1.83. The third-order valence-corrected chi connectivity index (χ3v) is 3.40. The molecular formula is C15H21FN2O. The van der Waals surface area contributed by atoms with Gasteiger partial charge in [-0.05, 0) is 23.1 Å². The Labute approximate surface area is 113 Å². The van der Waals surface area contributed by atoms with Gasteiger partial charge in [0.1, 0.15) is 5.82 Å². The Morgan fingerprint density at radius 3 is 2.74 bits per heavy atom. The molecule has 1 aromatic rings. The van der Waals surface area contributed by atoms with Gasteiger partial charge in [-0.1, -0.05) is 26.0 Å². The molecule has 1 N–H and O–H groups in total. The molecule has 1 amide bonds. The Kier molecular flexibility index (Phi) is 4.20. The van der Waals surface area contributed by atoms with Crippen molar-refractivity contribution >= 4 is 5.91 Å². The fraction of sp³-hybridized carbons (Fsp3) is 0.533. The van der Waals surface area contributed by atoms with Crippen LogP contribution in [0.15, 0.2) is 24.3 Å². The van der Waals surface area contributed by atoms with Gasteiger partial charge in [0.15, 0.2) is 0 Å². The van der Waals surface area contributed by atoms with Gasteiger partial charge in [0.25, 0.3) is 0 Å². The van der Waals surface area contributed by atoms with Crippen molar-refractivity contribution in [3.63, 3.8) is 0 Å². The zero-order chi connectivity index (χ0) is 13.9. The molecule has 0 radical (unpaired) electrons. The average molecular weight is 264 g/mol. The van der Waals surface area contributed by atoms with Crippen molar-refractivity contribution in [3.8, 4) is 0 Å². The molecule has 0 spiro atoms. The van der Waals surface area contributed by atoms with Crippen molar-refractivity contribution in [3.05, 3.63) is 35.6 Å². The summed E-state index contributed by atoms with van der Waals surface area (Å²) >= 11 is 0. The number of hydrogen-bond donors (Lipinski definition) is 1. The molecular weight excluding hydrogens is 243 g/mol. The fourth-order valence-corrected chi connectivity index (χ4v) is 2.39. The van der Waals surface area contributed by atoms with E-state index in [1.165, 1.54) is 12.1 Å². The topological polar surface area (TPSA) is 32.3 Å². The lowest BCUT2D eigenvalue weighted by Crippen LogP contribution is -2.39. The first-order valence-electron chi connectivity index (χ1n) is 6.69. The molecule has 4 heteroatoms. The standard InChI is InChI=1S/C15H21FN2O/c1-15(2)10-17-7-8-18(11-15)14(19)9-12-3-5-13(16)6-4-12/h3-6,17H,7-11H2,1-2H3. The van der Waals surface area contributed by atoms with Crippen molar-refractivity contribution in [2.24, 2.45) is 5.41 Å². The summed E-state index contributed by atoms with van der Waals surface area (Å²) in [6, 6.07) is 6.15. The number of carbonyl (C=O) groups excluding carboxylic acids is 1. The first kappa shape index (κ1) is 14.0. The maximum Gasteiger partial charge on any atom is 0.227 e. The molecule has 0 bridgehead atoms. The van der Waals surface area contributed by atoms with E-state index >= 15 is 0 Å². The molecule has 2 rings (SSSR count). The van der Waals surface area contributed by atoms with Gasteiger partial charge >= 0.3 is 0 Å². The monoisotopic (exact) mass is 264 g/mol. The Hall–Kier alpha value is -1.42. The summed E-state index contributed by atoms with van der Waals surface area (Å²) in [4.78, 5) is 14.2. The summed E-state index contributed by atoms with van der Waals surface area (Å²) in [6.45, 7) is 7.57. The van der Waals surface area contributed by atoms with Gasteiger partial charge in [-0.25, -0.2) is 4.39 Å². The van der Waals surface area contributed by atoms with Crippen LogP contribution in [0, 0.1) is 11.2 Å². The molecule has 3 nitrogen and oxygen atoms in total. The summed E-state index contributed by atoms with van der Waals surface area (Å²) in [6.07, 6.45) is 0.344. The van der Waals surface area contributed by atoms with E-state index in [4.69, 9.17) is 0 Å². The zero-order valence-electron chi connectivity index (χ0n) is 11.6. The number of nitrogens with one attached hydrogen (secondary N) is 1. The van der Waals surface area contributed by atoms with Crippen LogP contribution in [0.5, 0.6) is 0 Å². The highest BCUT2D eigenvalue weighted by atomic mass is 19.1. The van der Waals surface area contributed by atoms with E-state index in [0.29, 0.717) is 6.42 Å². The van der Waals surface area contributed by atoms with Crippen LogP contribution < -0.4 is 5.32 Å². The highest BCUT2D eigenvalue weighted by Gasteiger charge is 2.27. The molecule has 1 heterocycles. The van der Waals surface area contributed by atoms with Gasteiger partial charge in [-0.15, -0.1) is 0 Å². The zero-order valence-corrected chi connectivity index (χ0v) is 11.6. The molecule has 19 heavy (non-hydrogen) atoms. The summed E-state index contributed by atoms with van der Waals surface area (Å²) in [5, 5.41) is 3.35. The van der Waals surface area contributed by atoms with Crippen LogP contribution in [-0.4, -0.2) is 37.0 Å². The second-order valence-electron chi connectivity index (χ2n) is 5.96.